The Morgan fingerprint density at radius 2 is 2.11 bits per heavy atom. The molecule has 0 saturated carbocycles. The van der Waals surface area contributed by atoms with E-state index in [0.29, 0.717) is 0 Å². The summed E-state index contributed by atoms with van der Waals surface area (Å²) in [5, 5.41) is 0. The van der Waals surface area contributed by atoms with Gasteiger partial charge in [0.2, 0.25) is 0 Å². The lowest BCUT2D eigenvalue weighted by molar-refractivity contribution is 0.615. The van der Waals surface area contributed by atoms with E-state index in [1.807, 2.05) is 0 Å². The van der Waals surface area contributed by atoms with Gasteiger partial charge in [-0.3, -0.25) is 0 Å². The third-order valence-electron chi connectivity index (χ3n) is 0.737. The van der Waals surface area contributed by atoms with Crippen molar-refractivity contribution in [1.82, 2.24) is 0 Å². The summed E-state index contributed by atoms with van der Waals surface area (Å²) in [5.74, 6) is 0. The minimum Gasteiger partial charge on any atom is -0.207 e. The van der Waals surface area contributed by atoms with E-state index in [1.165, 1.54) is 19.1 Å². The molecule has 0 aliphatic heterocycles. The van der Waals surface area contributed by atoms with Crippen LogP contribution in [-0.2, 0) is 9.05 Å². The van der Waals surface area contributed by atoms with Gasteiger partial charge in [0.25, 0.3) is 9.05 Å². The lowest BCUT2D eigenvalue weighted by Gasteiger charge is -1.88. The molecule has 0 aromatic rings. The van der Waals surface area contributed by atoms with Crippen molar-refractivity contribution in [3.8, 4) is 0 Å². The first-order valence-corrected chi connectivity index (χ1v) is 4.53. The van der Waals surface area contributed by atoms with Crippen molar-refractivity contribution in [3.63, 3.8) is 0 Å². The first kappa shape index (κ1) is 8.72. The van der Waals surface area contributed by atoms with Crippen LogP contribution in [-0.4, -0.2) is 8.42 Å². The number of hydrogen-bond donors (Lipinski definition) is 0. The summed E-state index contributed by atoms with van der Waals surface area (Å²) in [6.45, 7) is 4.72. The van der Waals surface area contributed by atoms with Crippen molar-refractivity contribution >= 4 is 19.7 Å². The highest BCUT2D eigenvalue weighted by atomic mass is 35.7. The summed E-state index contributed by atoms with van der Waals surface area (Å²) in [6.07, 6.45) is 2.71. The monoisotopic (exact) mass is 166 g/mol. The number of allylic oxidation sites excluding steroid dienone is 3. The van der Waals surface area contributed by atoms with E-state index in [2.05, 4.69) is 6.58 Å². The Morgan fingerprint density at radius 3 is 2.22 bits per heavy atom. The van der Waals surface area contributed by atoms with E-state index < -0.39 is 9.05 Å². The molecule has 0 radical (unpaired) electrons. The van der Waals surface area contributed by atoms with E-state index in [0.717, 1.165) is 0 Å². The molecule has 0 amide bonds. The number of halogens is 1. The molecule has 0 atom stereocenters. The summed E-state index contributed by atoms with van der Waals surface area (Å²) >= 11 is 0. The maximum absolute atomic E-state index is 10.4. The molecule has 0 bridgehead atoms. The van der Waals surface area contributed by atoms with E-state index in [9.17, 15) is 8.42 Å². The highest BCUT2D eigenvalue weighted by molar-refractivity contribution is 8.16. The Hall–Kier alpha value is -0.280. The van der Waals surface area contributed by atoms with Gasteiger partial charge in [-0.25, -0.2) is 8.42 Å². The molecular formula is C5H7ClO2S. The molecule has 0 unspecified atom stereocenters. The van der Waals surface area contributed by atoms with Crippen molar-refractivity contribution in [3.05, 3.63) is 23.6 Å². The summed E-state index contributed by atoms with van der Waals surface area (Å²) in [5.41, 5.74) is 0. The fourth-order valence-corrected chi connectivity index (χ4v) is 0.660. The van der Waals surface area contributed by atoms with Crippen LogP contribution in [0.5, 0.6) is 0 Å². The third-order valence-corrected chi connectivity index (χ3v) is 2.37. The molecular weight excluding hydrogens is 160 g/mol. The fourth-order valence-electron chi connectivity index (χ4n) is 0.247. The first-order valence-electron chi connectivity index (χ1n) is 2.22. The van der Waals surface area contributed by atoms with Crippen LogP contribution < -0.4 is 0 Å². The van der Waals surface area contributed by atoms with Gasteiger partial charge in [0.05, 0.1) is 4.91 Å². The van der Waals surface area contributed by atoms with Crippen LogP contribution in [0.25, 0.3) is 0 Å². The third kappa shape index (κ3) is 3.32. The van der Waals surface area contributed by atoms with Gasteiger partial charge < -0.3 is 0 Å². The second kappa shape index (κ2) is 3.03. The Balaban J connectivity index is 4.61. The van der Waals surface area contributed by atoms with E-state index in [1.54, 1.807) is 0 Å². The van der Waals surface area contributed by atoms with Crippen molar-refractivity contribution < 1.29 is 8.42 Å². The molecule has 9 heavy (non-hydrogen) atoms. The molecule has 0 fully saturated rings. The second-order valence-electron chi connectivity index (χ2n) is 1.45. The molecule has 0 spiro atoms. The molecule has 2 nitrogen and oxygen atoms in total. The standard InChI is InChI=1S/C5H7ClO2S/c1-3-4-5(2)9(6,7)8/h3-4H,1H2,2H3/b5-4+. The SMILES string of the molecule is C=C/C=C(\C)S(=O)(=O)Cl. The van der Waals surface area contributed by atoms with Crippen LogP contribution in [0.1, 0.15) is 6.92 Å². The van der Waals surface area contributed by atoms with Crippen LogP contribution in [0, 0.1) is 0 Å². The number of rotatable bonds is 2. The van der Waals surface area contributed by atoms with Gasteiger partial charge in [-0.1, -0.05) is 12.7 Å². The quantitative estimate of drug-likeness (QED) is 0.462. The minimum atomic E-state index is -3.50. The summed E-state index contributed by atoms with van der Waals surface area (Å²) in [4.78, 5) is 0.110. The Labute approximate surface area is 59.3 Å². The summed E-state index contributed by atoms with van der Waals surface area (Å²) < 4.78 is 20.7. The zero-order chi connectivity index (χ0) is 7.49. The number of hydrogen-bond acceptors (Lipinski definition) is 2. The molecule has 0 aromatic carbocycles. The first-order chi connectivity index (χ1) is 3.98. The highest BCUT2D eigenvalue weighted by Crippen LogP contribution is 2.09. The van der Waals surface area contributed by atoms with E-state index >= 15 is 0 Å². The summed E-state index contributed by atoms with van der Waals surface area (Å²) in [6, 6.07) is 0. The van der Waals surface area contributed by atoms with Gasteiger partial charge in [-0.2, -0.15) is 0 Å². The van der Waals surface area contributed by atoms with Crippen LogP contribution >= 0.6 is 10.7 Å². The predicted molar refractivity (Wildman–Crippen MR) is 38.7 cm³/mol. The molecule has 0 rings (SSSR count). The van der Waals surface area contributed by atoms with Crippen molar-refractivity contribution in [1.29, 1.82) is 0 Å². The summed E-state index contributed by atoms with van der Waals surface area (Å²) in [7, 11) is 1.42. The fraction of sp³-hybridized carbons (Fsp3) is 0.200. The molecule has 0 N–H and O–H groups in total. The molecule has 52 valence electrons. The molecule has 0 heterocycles. The van der Waals surface area contributed by atoms with Gasteiger partial charge in [-0.05, 0) is 13.0 Å². The van der Waals surface area contributed by atoms with Gasteiger partial charge in [0, 0.05) is 10.7 Å². The normalized spacial score (nSPS) is 13.3. The van der Waals surface area contributed by atoms with Crippen LogP contribution in [0.3, 0.4) is 0 Å². The predicted octanol–water partition coefficient (Wildman–Crippen LogP) is 1.64. The van der Waals surface area contributed by atoms with Crippen LogP contribution in [0.2, 0.25) is 0 Å². The lowest BCUT2D eigenvalue weighted by atomic mass is 10.5. The zero-order valence-corrected chi connectivity index (χ0v) is 6.54. The van der Waals surface area contributed by atoms with Crippen LogP contribution in [0.15, 0.2) is 23.6 Å². The topological polar surface area (TPSA) is 34.1 Å². The Morgan fingerprint density at radius 1 is 1.67 bits per heavy atom. The molecule has 4 heteroatoms. The highest BCUT2D eigenvalue weighted by Gasteiger charge is 2.05. The van der Waals surface area contributed by atoms with E-state index in [-0.39, 0.29) is 4.91 Å². The molecule has 0 aliphatic carbocycles. The largest absolute Gasteiger partial charge is 0.257 e. The minimum absolute atomic E-state index is 0.110. The van der Waals surface area contributed by atoms with E-state index in [4.69, 9.17) is 10.7 Å². The van der Waals surface area contributed by atoms with Gasteiger partial charge >= 0.3 is 0 Å². The maximum atomic E-state index is 10.4. The Kier molecular flexibility index (Phi) is 2.94. The lowest BCUT2D eigenvalue weighted by Crippen LogP contribution is -1.87. The smallest absolute Gasteiger partial charge is 0.207 e. The van der Waals surface area contributed by atoms with Gasteiger partial charge in [-0.15, -0.1) is 0 Å². The van der Waals surface area contributed by atoms with Gasteiger partial charge in [0.1, 0.15) is 0 Å². The molecule has 0 aromatic heterocycles. The average molecular weight is 167 g/mol. The average Bonchev–Trinajstić information content (AvgIpc) is 1.64. The second-order valence-corrected chi connectivity index (χ2v) is 4.19. The van der Waals surface area contributed by atoms with Crippen LogP contribution in [0.4, 0.5) is 0 Å². The Bertz CT molecular complexity index is 225. The van der Waals surface area contributed by atoms with Crippen molar-refractivity contribution in [2.24, 2.45) is 0 Å². The molecule has 0 aliphatic rings. The zero-order valence-electron chi connectivity index (χ0n) is 4.96. The van der Waals surface area contributed by atoms with Crippen molar-refractivity contribution in [2.75, 3.05) is 0 Å². The van der Waals surface area contributed by atoms with Gasteiger partial charge in [0.15, 0.2) is 0 Å². The van der Waals surface area contributed by atoms with Crippen molar-refractivity contribution in [2.45, 2.75) is 6.92 Å². The molecule has 0 saturated heterocycles. The maximum Gasteiger partial charge on any atom is 0.257 e.